The molecule has 2 heterocycles. The molecule has 0 saturated carbocycles. The van der Waals surface area contributed by atoms with E-state index >= 15 is 0 Å². The molecule has 1 aliphatic heterocycles. The van der Waals surface area contributed by atoms with Gasteiger partial charge in [-0.25, -0.2) is 4.98 Å². The molecule has 0 radical (unpaired) electrons. The number of hydrogen-bond donors (Lipinski definition) is 0. The van der Waals surface area contributed by atoms with Gasteiger partial charge in [0, 0.05) is 25.9 Å². The van der Waals surface area contributed by atoms with E-state index < -0.39 is 0 Å². The molecule has 1 fully saturated rings. The van der Waals surface area contributed by atoms with Crippen LogP contribution in [0.1, 0.15) is 31.2 Å². The third kappa shape index (κ3) is 2.94. The second kappa shape index (κ2) is 5.45. The van der Waals surface area contributed by atoms with Crippen LogP contribution >= 0.6 is 0 Å². The molecule has 1 saturated heterocycles. The van der Waals surface area contributed by atoms with Gasteiger partial charge < -0.3 is 9.64 Å². The van der Waals surface area contributed by atoms with Crippen molar-refractivity contribution in [3.63, 3.8) is 0 Å². The zero-order valence-electron chi connectivity index (χ0n) is 10.9. The second-order valence-electron chi connectivity index (χ2n) is 4.59. The Balaban J connectivity index is 2.13. The molecule has 0 aromatic carbocycles. The van der Waals surface area contributed by atoms with Crippen LogP contribution in [0.25, 0.3) is 0 Å². The van der Waals surface area contributed by atoms with E-state index in [1.807, 2.05) is 20.0 Å². The molecule has 0 N–H and O–H groups in total. The van der Waals surface area contributed by atoms with Gasteiger partial charge in [-0.2, -0.15) is 0 Å². The van der Waals surface area contributed by atoms with Crippen molar-refractivity contribution < 1.29 is 4.74 Å². The smallest absolute Gasteiger partial charge is 0.150 e. The largest absolute Gasteiger partial charge is 0.377 e. The maximum absolute atomic E-state index is 5.71. The van der Waals surface area contributed by atoms with E-state index in [1.54, 1.807) is 0 Å². The van der Waals surface area contributed by atoms with Crippen molar-refractivity contribution in [2.24, 2.45) is 0 Å². The van der Waals surface area contributed by atoms with Gasteiger partial charge in [0.1, 0.15) is 5.82 Å². The first-order valence-electron chi connectivity index (χ1n) is 6.37. The van der Waals surface area contributed by atoms with Crippen molar-refractivity contribution in [3.05, 3.63) is 17.6 Å². The third-order valence-corrected chi connectivity index (χ3v) is 3.13. The minimum absolute atomic E-state index is 0.343. The molecule has 0 amide bonds. The van der Waals surface area contributed by atoms with Crippen LogP contribution in [-0.4, -0.2) is 35.8 Å². The molecule has 4 nitrogen and oxygen atoms in total. The van der Waals surface area contributed by atoms with Gasteiger partial charge in [-0.15, -0.1) is 0 Å². The monoisotopic (exact) mass is 235 g/mol. The van der Waals surface area contributed by atoms with E-state index in [2.05, 4.69) is 21.8 Å². The van der Waals surface area contributed by atoms with Crippen molar-refractivity contribution in [1.29, 1.82) is 0 Å². The number of ether oxygens (including phenoxy) is 1. The lowest BCUT2D eigenvalue weighted by Crippen LogP contribution is -2.40. The van der Waals surface area contributed by atoms with Crippen LogP contribution in [0.15, 0.2) is 6.20 Å². The van der Waals surface area contributed by atoms with E-state index in [-0.39, 0.29) is 0 Å². The Bertz CT molecular complexity index is 379. The average molecular weight is 235 g/mol. The van der Waals surface area contributed by atoms with E-state index in [0.717, 1.165) is 43.3 Å². The molecule has 0 spiro atoms. The highest BCUT2D eigenvalue weighted by Crippen LogP contribution is 2.21. The first kappa shape index (κ1) is 12.3. The Morgan fingerprint density at radius 1 is 1.47 bits per heavy atom. The molecule has 94 valence electrons. The molecule has 1 unspecified atom stereocenters. The summed E-state index contributed by atoms with van der Waals surface area (Å²) in [6, 6.07) is 0. The van der Waals surface area contributed by atoms with Gasteiger partial charge in [-0.3, -0.25) is 4.98 Å². The van der Waals surface area contributed by atoms with E-state index in [9.17, 15) is 0 Å². The fraction of sp³-hybridized carbons (Fsp3) is 0.692. The molecule has 2 rings (SSSR count). The zero-order valence-corrected chi connectivity index (χ0v) is 10.9. The van der Waals surface area contributed by atoms with E-state index in [4.69, 9.17) is 4.74 Å². The standard InChI is InChI=1S/C13H21N3O/c1-4-17-12-6-5-7-16(9-12)13-11(3)14-8-10(2)15-13/h8,12H,4-7,9H2,1-3H3. The van der Waals surface area contributed by atoms with Gasteiger partial charge in [0.2, 0.25) is 0 Å². The molecule has 0 bridgehead atoms. The third-order valence-electron chi connectivity index (χ3n) is 3.13. The summed E-state index contributed by atoms with van der Waals surface area (Å²) < 4.78 is 5.71. The summed E-state index contributed by atoms with van der Waals surface area (Å²) in [6.07, 6.45) is 4.49. The van der Waals surface area contributed by atoms with Gasteiger partial charge in [0.15, 0.2) is 0 Å². The van der Waals surface area contributed by atoms with Crippen LogP contribution in [-0.2, 0) is 4.74 Å². The average Bonchev–Trinajstić information content (AvgIpc) is 2.33. The summed E-state index contributed by atoms with van der Waals surface area (Å²) in [5, 5.41) is 0. The number of aryl methyl sites for hydroxylation is 2. The van der Waals surface area contributed by atoms with Crippen LogP contribution in [0.5, 0.6) is 0 Å². The van der Waals surface area contributed by atoms with Gasteiger partial charge in [-0.05, 0) is 33.6 Å². The fourth-order valence-corrected chi connectivity index (χ4v) is 2.33. The van der Waals surface area contributed by atoms with Crippen LogP contribution in [0.2, 0.25) is 0 Å². The van der Waals surface area contributed by atoms with Gasteiger partial charge in [-0.1, -0.05) is 0 Å². The predicted molar refractivity (Wildman–Crippen MR) is 68.4 cm³/mol. The summed E-state index contributed by atoms with van der Waals surface area (Å²) in [7, 11) is 0. The van der Waals surface area contributed by atoms with Crippen LogP contribution < -0.4 is 4.90 Å². The molecule has 17 heavy (non-hydrogen) atoms. The summed E-state index contributed by atoms with van der Waals surface area (Å²) in [5.74, 6) is 1.02. The normalized spacial score (nSPS) is 20.6. The number of nitrogens with zero attached hydrogens (tertiary/aromatic N) is 3. The molecule has 4 heteroatoms. The van der Waals surface area contributed by atoms with Gasteiger partial charge >= 0.3 is 0 Å². The predicted octanol–water partition coefficient (Wildman–Crippen LogP) is 2.10. The van der Waals surface area contributed by atoms with Crippen LogP contribution in [0.4, 0.5) is 5.82 Å². The van der Waals surface area contributed by atoms with Crippen molar-refractivity contribution in [2.75, 3.05) is 24.6 Å². The first-order valence-corrected chi connectivity index (χ1v) is 6.37. The lowest BCUT2D eigenvalue weighted by Gasteiger charge is -2.33. The highest BCUT2D eigenvalue weighted by atomic mass is 16.5. The Morgan fingerprint density at radius 3 is 3.06 bits per heavy atom. The summed E-state index contributed by atoms with van der Waals surface area (Å²) >= 11 is 0. The number of piperidine rings is 1. The summed E-state index contributed by atoms with van der Waals surface area (Å²) in [5.41, 5.74) is 1.98. The minimum Gasteiger partial charge on any atom is -0.377 e. The first-order chi connectivity index (χ1) is 8.20. The van der Waals surface area contributed by atoms with Crippen LogP contribution in [0.3, 0.4) is 0 Å². The highest BCUT2D eigenvalue weighted by molar-refractivity contribution is 5.43. The van der Waals surface area contributed by atoms with E-state index in [0.29, 0.717) is 6.10 Å². The van der Waals surface area contributed by atoms with E-state index in [1.165, 1.54) is 6.42 Å². The molecular weight excluding hydrogens is 214 g/mol. The zero-order chi connectivity index (χ0) is 12.3. The van der Waals surface area contributed by atoms with Gasteiger partial charge in [0.25, 0.3) is 0 Å². The number of anilines is 1. The number of aromatic nitrogens is 2. The minimum atomic E-state index is 0.343. The molecule has 1 aromatic rings. The van der Waals surface area contributed by atoms with Crippen molar-refractivity contribution >= 4 is 5.82 Å². The molecule has 1 atom stereocenters. The lowest BCUT2D eigenvalue weighted by molar-refractivity contribution is 0.0525. The van der Waals surface area contributed by atoms with Crippen molar-refractivity contribution in [2.45, 2.75) is 39.7 Å². The topological polar surface area (TPSA) is 38.2 Å². The maximum atomic E-state index is 5.71. The fourth-order valence-electron chi connectivity index (χ4n) is 2.33. The SMILES string of the molecule is CCOC1CCCN(c2nc(C)cnc2C)C1. The van der Waals surface area contributed by atoms with Gasteiger partial charge in [0.05, 0.1) is 17.5 Å². The van der Waals surface area contributed by atoms with Crippen LogP contribution in [0, 0.1) is 13.8 Å². The summed E-state index contributed by atoms with van der Waals surface area (Å²) in [6.45, 7) is 8.84. The van der Waals surface area contributed by atoms with Crippen molar-refractivity contribution in [1.82, 2.24) is 9.97 Å². The Kier molecular flexibility index (Phi) is 3.94. The quantitative estimate of drug-likeness (QED) is 0.804. The summed E-state index contributed by atoms with van der Waals surface area (Å²) in [4.78, 5) is 11.3. The Hall–Kier alpha value is -1.16. The molecule has 1 aromatic heterocycles. The molecule has 1 aliphatic rings. The Labute approximate surface area is 103 Å². The number of rotatable bonds is 3. The highest BCUT2D eigenvalue weighted by Gasteiger charge is 2.22. The second-order valence-corrected chi connectivity index (χ2v) is 4.59. The molecular formula is C13H21N3O. The Morgan fingerprint density at radius 2 is 2.29 bits per heavy atom. The number of hydrogen-bond acceptors (Lipinski definition) is 4. The maximum Gasteiger partial charge on any atom is 0.150 e. The lowest BCUT2D eigenvalue weighted by atomic mass is 10.1. The molecule has 0 aliphatic carbocycles. The van der Waals surface area contributed by atoms with Crippen molar-refractivity contribution in [3.8, 4) is 0 Å².